The van der Waals surface area contributed by atoms with E-state index in [1.807, 2.05) is 0 Å². The van der Waals surface area contributed by atoms with E-state index >= 15 is 0 Å². The van der Waals surface area contributed by atoms with Crippen LogP contribution in [0.1, 0.15) is 21.6 Å². The Kier molecular flexibility index (Phi) is 10.1. The largest absolute Gasteiger partial charge is 0.383 e. The Morgan fingerprint density at radius 2 is 1.92 bits per heavy atom. The van der Waals surface area contributed by atoms with Gasteiger partial charge in [0.25, 0.3) is 5.91 Å². The predicted molar refractivity (Wildman–Crippen MR) is 145 cm³/mol. The van der Waals surface area contributed by atoms with E-state index in [0.717, 1.165) is 13.1 Å². The van der Waals surface area contributed by atoms with Crippen LogP contribution in [-0.2, 0) is 38.2 Å². The van der Waals surface area contributed by atoms with Crippen LogP contribution in [0.25, 0.3) is 0 Å². The molecular formula is C27H32ClFN4O5S. The fourth-order valence-electron chi connectivity index (χ4n) is 4.41. The Morgan fingerprint density at radius 1 is 1.15 bits per heavy atom. The molecule has 0 atom stereocenters. The van der Waals surface area contributed by atoms with E-state index in [0.29, 0.717) is 42.6 Å². The normalized spacial score (nSPS) is 14.4. The summed E-state index contributed by atoms with van der Waals surface area (Å²) in [4.78, 5) is 21.6. The Balaban J connectivity index is 1.63. The van der Waals surface area contributed by atoms with Gasteiger partial charge >= 0.3 is 0 Å². The summed E-state index contributed by atoms with van der Waals surface area (Å²) in [6, 6.07) is 12.3. The molecule has 4 rings (SSSR count). The standard InChI is InChI=1S/C27H32ClFN4O5S/c1-37-14-13-33-24(18-30-27(33)39(35,36)20-22-5-2-3-8-25(22)28)19-32(10-9-31-11-15-38-16-12-31)26(34)21-6-4-7-23(29)17-21/h2-8,17-18H,9-16,19-20H2,1H3. The number of morpholine rings is 1. The monoisotopic (exact) mass is 578 g/mol. The van der Waals surface area contributed by atoms with Gasteiger partial charge in [0, 0.05) is 50.4 Å². The second kappa shape index (κ2) is 13.5. The molecule has 2 aromatic carbocycles. The van der Waals surface area contributed by atoms with Crippen LogP contribution in [0.4, 0.5) is 4.39 Å². The van der Waals surface area contributed by atoms with E-state index in [1.165, 1.54) is 31.5 Å². The van der Waals surface area contributed by atoms with Gasteiger partial charge in [-0.25, -0.2) is 17.8 Å². The highest BCUT2D eigenvalue weighted by atomic mass is 35.5. The molecule has 1 saturated heterocycles. The number of halogens is 2. The molecule has 39 heavy (non-hydrogen) atoms. The molecular weight excluding hydrogens is 547 g/mol. The third-order valence-corrected chi connectivity index (χ3v) is 8.45. The van der Waals surface area contributed by atoms with E-state index < -0.39 is 15.7 Å². The van der Waals surface area contributed by atoms with Crippen molar-refractivity contribution in [3.05, 3.63) is 82.4 Å². The van der Waals surface area contributed by atoms with Gasteiger partial charge in [-0.2, -0.15) is 0 Å². The number of carbonyl (C=O) groups is 1. The average molecular weight is 579 g/mol. The smallest absolute Gasteiger partial charge is 0.254 e. The van der Waals surface area contributed by atoms with Crippen molar-refractivity contribution in [3.8, 4) is 0 Å². The minimum Gasteiger partial charge on any atom is -0.383 e. The fraction of sp³-hybridized carbons (Fsp3) is 0.407. The highest BCUT2D eigenvalue weighted by Gasteiger charge is 2.27. The van der Waals surface area contributed by atoms with Crippen LogP contribution in [0.2, 0.25) is 5.02 Å². The molecule has 2 heterocycles. The van der Waals surface area contributed by atoms with Crippen LogP contribution in [0, 0.1) is 5.82 Å². The summed E-state index contributed by atoms with van der Waals surface area (Å²) in [6.45, 7) is 4.22. The Hall–Kier alpha value is -2.83. The molecule has 0 radical (unpaired) electrons. The van der Waals surface area contributed by atoms with Crippen LogP contribution in [-0.4, -0.2) is 86.8 Å². The van der Waals surface area contributed by atoms with Gasteiger partial charge in [-0.1, -0.05) is 35.9 Å². The first kappa shape index (κ1) is 29.2. The molecule has 12 heteroatoms. The van der Waals surface area contributed by atoms with Gasteiger partial charge in [-0.3, -0.25) is 9.69 Å². The second-order valence-corrected chi connectivity index (χ2v) is 11.5. The first-order valence-corrected chi connectivity index (χ1v) is 14.7. The van der Waals surface area contributed by atoms with E-state index in [1.54, 1.807) is 39.8 Å². The van der Waals surface area contributed by atoms with Crippen molar-refractivity contribution in [2.45, 2.75) is 24.0 Å². The van der Waals surface area contributed by atoms with E-state index in [2.05, 4.69) is 9.88 Å². The number of amides is 1. The highest BCUT2D eigenvalue weighted by Crippen LogP contribution is 2.23. The fourth-order valence-corrected chi connectivity index (χ4v) is 6.24. The molecule has 0 bridgehead atoms. The molecule has 1 aromatic heterocycles. The molecule has 1 aliphatic heterocycles. The molecule has 0 saturated carbocycles. The molecule has 1 amide bonds. The van der Waals surface area contributed by atoms with E-state index in [9.17, 15) is 17.6 Å². The number of rotatable bonds is 12. The van der Waals surface area contributed by atoms with Gasteiger partial charge in [0.05, 0.1) is 44.0 Å². The van der Waals surface area contributed by atoms with Crippen molar-refractivity contribution in [3.63, 3.8) is 0 Å². The zero-order valence-corrected chi connectivity index (χ0v) is 23.3. The lowest BCUT2D eigenvalue weighted by Gasteiger charge is -2.30. The van der Waals surface area contributed by atoms with Crippen molar-refractivity contribution in [2.75, 3.05) is 53.1 Å². The quantitative estimate of drug-likeness (QED) is 0.326. The van der Waals surface area contributed by atoms with Gasteiger partial charge in [0.15, 0.2) is 0 Å². The van der Waals surface area contributed by atoms with Gasteiger partial charge in [-0.05, 0) is 29.8 Å². The molecule has 3 aromatic rings. The van der Waals surface area contributed by atoms with Crippen LogP contribution >= 0.6 is 11.6 Å². The minimum absolute atomic E-state index is 0.0814. The molecule has 1 aliphatic rings. The summed E-state index contributed by atoms with van der Waals surface area (Å²) in [5, 5.41) is 0.229. The van der Waals surface area contributed by atoms with Crippen molar-refractivity contribution in [2.24, 2.45) is 0 Å². The lowest BCUT2D eigenvalue weighted by molar-refractivity contribution is 0.0318. The maximum Gasteiger partial charge on any atom is 0.254 e. The zero-order valence-electron chi connectivity index (χ0n) is 21.8. The summed E-state index contributed by atoms with van der Waals surface area (Å²) in [7, 11) is -2.36. The number of hydrogen-bond donors (Lipinski definition) is 0. The lowest BCUT2D eigenvalue weighted by atomic mass is 10.2. The third-order valence-electron chi connectivity index (χ3n) is 6.50. The van der Waals surface area contributed by atoms with Crippen molar-refractivity contribution in [1.29, 1.82) is 0 Å². The number of benzene rings is 2. The summed E-state index contributed by atoms with van der Waals surface area (Å²) >= 11 is 6.22. The first-order valence-electron chi connectivity index (χ1n) is 12.6. The number of nitrogens with zero attached hydrogens (tertiary/aromatic N) is 4. The third kappa shape index (κ3) is 7.64. The predicted octanol–water partition coefficient (Wildman–Crippen LogP) is 3.27. The Bertz CT molecular complexity index is 1380. The van der Waals surface area contributed by atoms with Crippen LogP contribution in [0.5, 0.6) is 0 Å². The first-order chi connectivity index (χ1) is 18.8. The van der Waals surface area contributed by atoms with E-state index in [-0.39, 0.29) is 42.1 Å². The van der Waals surface area contributed by atoms with Crippen molar-refractivity contribution in [1.82, 2.24) is 19.4 Å². The van der Waals surface area contributed by atoms with Gasteiger partial charge < -0.3 is 18.9 Å². The minimum atomic E-state index is -3.88. The molecule has 0 spiro atoms. The number of carbonyl (C=O) groups excluding carboxylic acids is 1. The topological polar surface area (TPSA) is 94.0 Å². The maximum atomic E-state index is 13.9. The number of hydrogen-bond acceptors (Lipinski definition) is 7. The Morgan fingerprint density at radius 3 is 2.64 bits per heavy atom. The molecule has 0 unspecified atom stereocenters. The van der Waals surface area contributed by atoms with Crippen LogP contribution in [0.15, 0.2) is 59.9 Å². The number of methoxy groups -OCH3 is 1. The maximum absolute atomic E-state index is 13.9. The number of imidazole rings is 1. The van der Waals surface area contributed by atoms with Crippen LogP contribution < -0.4 is 0 Å². The van der Waals surface area contributed by atoms with Gasteiger partial charge in [0.2, 0.25) is 15.0 Å². The summed E-state index contributed by atoms with van der Waals surface area (Å²) in [5.74, 6) is -1.19. The SMILES string of the molecule is COCCn1c(CN(CCN2CCOCC2)C(=O)c2cccc(F)c2)cnc1S(=O)(=O)Cc1ccccc1Cl. The number of sulfone groups is 1. The zero-order chi connectivity index (χ0) is 27.8. The lowest BCUT2D eigenvalue weighted by Crippen LogP contribution is -2.43. The highest BCUT2D eigenvalue weighted by molar-refractivity contribution is 7.90. The Labute approximate surface area is 233 Å². The van der Waals surface area contributed by atoms with Crippen LogP contribution in [0.3, 0.4) is 0 Å². The summed E-state index contributed by atoms with van der Waals surface area (Å²) in [5.41, 5.74) is 1.21. The van der Waals surface area contributed by atoms with Crippen molar-refractivity contribution < 1.29 is 27.1 Å². The molecule has 1 fully saturated rings. The van der Waals surface area contributed by atoms with Crippen molar-refractivity contribution >= 4 is 27.3 Å². The average Bonchev–Trinajstić information content (AvgIpc) is 3.34. The molecule has 9 nitrogen and oxygen atoms in total. The second-order valence-electron chi connectivity index (χ2n) is 9.22. The number of aromatic nitrogens is 2. The van der Waals surface area contributed by atoms with E-state index in [4.69, 9.17) is 21.1 Å². The van der Waals surface area contributed by atoms with Gasteiger partial charge in [-0.15, -0.1) is 0 Å². The molecule has 210 valence electrons. The molecule has 0 aliphatic carbocycles. The molecule has 0 N–H and O–H groups in total. The summed E-state index contributed by atoms with van der Waals surface area (Å²) < 4.78 is 53.0. The van der Waals surface area contributed by atoms with Gasteiger partial charge in [0.1, 0.15) is 5.82 Å². The summed E-state index contributed by atoms with van der Waals surface area (Å²) in [6.07, 6.45) is 1.47. The number of ether oxygens (including phenoxy) is 2.